The molecular formula is C34H34ClN5O5. The standard InChI is InChI=1S/C34H34ClN5O5/c1-36-31(41)16-38-33(43)29-20-39(32(42)13-22-15-37-30-14-24(35)10-11-27(22)30)17-23-18-40(19-28(23)29)34(44)21-6-5-9-26(12-21)45-25-7-3-2-4-8-25/h2-12,14-15,23,28-29,37H,13,16-20H2,1H3,(H,36,41)(H,38,43). The molecule has 3 atom stereocenters. The number of likely N-dealkylation sites (tertiary alicyclic amines) is 2. The number of aromatic amines is 1. The maximum Gasteiger partial charge on any atom is 0.254 e. The Morgan fingerprint density at radius 2 is 1.69 bits per heavy atom. The van der Waals surface area contributed by atoms with Crippen molar-refractivity contribution in [3.63, 3.8) is 0 Å². The van der Waals surface area contributed by atoms with Gasteiger partial charge in [0.15, 0.2) is 0 Å². The SMILES string of the molecule is CNC(=O)CNC(=O)C1CN(C(=O)Cc2c[nH]c3cc(Cl)ccc23)CC2CN(C(=O)c3cccc(Oc4ccccc4)c3)CC21. The second-order valence-corrected chi connectivity index (χ2v) is 12.0. The highest BCUT2D eigenvalue weighted by Crippen LogP contribution is 2.37. The smallest absolute Gasteiger partial charge is 0.254 e. The molecule has 2 aliphatic heterocycles. The lowest BCUT2D eigenvalue weighted by atomic mass is 9.79. The average Bonchev–Trinajstić information content (AvgIpc) is 3.67. The Morgan fingerprint density at radius 1 is 0.911 bits per heavy atom. The van der Waals surface area contributed by atoms with Gasteiger partial charge in [-0.05, 0) is 59.9 Å². The quantitative estimate of drug-likeness (QED) is 0.274. The van der Waals surface area contributed by atoms with Crippen LogP contribution in [0.5, 0.6) is 11.5 Å². The molecule has 1 aromatic heterocycles. The lowest BCUT2D eigenvalue weighted by molar-refractivity contribution is -0.139. The number of para-hydroxylation sites is 1. The molecule has 0 saturated carbocycles. The largest absolute Gasteiger partial charge is 0.457 e. The molecule has 0 aliphatic carbocycles. The highest BCUT2D eigenvalue weighted by atomic mass is 35.5. The lowest BCUT2D eigenvalue weighted by Gasteiger charge is -2.39. The van der Waals surface area contributed by atoms with E-state index in [1.54, 1.807) is 40.1 Å². The number of H-pyrrole nitrogens is 1. The Bertz CT molecular complexity index is 1740. The number of piperidine rings is 1. The van der Waals surface area contributed by atoms with Crippen LogP contribution in [-0.2, 0) is 20.8 Å². The predicted molar refractivity (Wildman–Crippen MR) is 170 cm³/mol. The van der Waals surface area contributed by atoms with Gasteiger partial charge < -0.3 is 30.2 Å². The Morgan fingerprint density at radius 3 is 2.49 bits per heavy atom. The molecule has 2 aliphatic rings. The van der Waals surface area contributed by atoms with Crippen molar-refractivity contribution < 1.29 is 23.9 Å². The van der Waals surface area contributed by atoms with E-state index in [4.69, 9.17) is 16.3 Å². The van der Waals surface area contributed by atoms with E-state index in [1.165, 1.54) is 7.05 Å². The fraction of sp³-hybridized carbons (Fsp3) is 0.294. The van der Waals surface area contributed by atoms with Crippen LogP contribution in [-0.4, -0.2) is 78.2 Å². The summed E-state index contributed by atoms with van der Waals surface area (Å²) >= 11 is 6.13. The number of nitrogens with one attached hydrogen (secondary N) is 3. The number of benzene rings is 3. The molecule has 3 aromatic carbocycles. The number of ether oxygens (including phenoxy) is 1. The molecule has 4 aromatic rings. The third kappa shape index (κ3) is 6.66. The summed E-state index contributed by atoms with van der Waals surface area (Å²) in [5, 5.41) is 6.75. The van der Waals surface area contributed by atoms with Gasteiger partial charge in [0, 0.05) is 60.9 Å². The lowest BCUT2D eigenvalue weighted by Crippen LogP contribution is -2.54. The number of carbonyl (C=O) groups is 4. The van der Waals surface area contributed by atoms with Crippen molar-refractivity contribution in [3.8, 4) is 11.5 Å². The molecule has 4 amide bonds. The van der Waals surface area contributed by atoms with Crippen molar-refractivity contribution in [1.29, 1.82) is 0 Å². The minimum Gasteiger partial charge on any atom is -0.457 e. The van der Waals surface area contributed by atoms with Crippen molar-refractivity contribution in [3.05, 3.63) is 95.1 Å². The minimum absolute atomic E-state index is 0.104. The van der Waals surface area contributed by atoms with Crippen molar-refractivity contribution >= 4 is 46.1 Å². The third-order valence-electron chi connectivity index (χ3n) is 8.69. The van der Waals surface area contributed by atoms with Gasteiger partial charge in [-0.3, -0.25) is 19.2 Å². The van der Waals surface area contributed by atoms with Gasteiger partial charge in [-0.2, -0.15) is 0 Å². The van der Waals surface area contributed by atoms with E-state index in [0.29, 0.717) is 41.7 Å². The molecule has 0 bridgehead atoms. The van der Waals surface area contributed by atoms with E-state index < -0.39 is 5.92 Å². The van der Waals surface area contributed by atoms with Gasteiger partial charge in [0.1, 0.15) is 11.5 Å². The molecule has 11 heteroatoms. The summed E-state index contributed by atoms with van der Waals surface area (Å²) < 4.78 is 5.94. The first kappa shape index (κ1) is 30.2. The first-order valence-corrected chi connectivity index (χ1v) is 15.3. The van der Waals surface area contributed by atoms with E-state index in [-0.39, 0.29) is 55.0 Å². The number of hydrogen-bond donors (Lipinski definition) is 3. The van der Waals surface area contributed by atoms with Crippen molar-refractivity contribution in [2.75, 3.05) is 39.8 Å². The normalized spacial score (nSPS) is 19.2. The van der Waals surface area contributed by atoms with Crippen LogP contribution in [0.15, 0.2) is 79.0 Å². The first-order chi connectivity index (χ1) is 21.8. The first-order valence-electron chi connectivity index (χ1n) is 14.9. The zero-order valence-electron chi connectivity index (χ0n) is 24.8. The zero-order chi connectivity index (χ0) is 31.5. The maximum atomic E-state index is 13.7. The van der Waals surface area contributed by atoms with E-state index in [2.05, 4.69) is 15.6 Å². The van der Waals surface area contributed by atoms with Crippen LogP contribution in [0.1, 0.15) is 15.9 Å². The van der Waals surface area contributed by atoms with Crippen LogP contribution < -0.4 is 15.4 Å². The predicted octanol–water partition coefficient (Wildman–Crippen LogP) is 3.87. The summed E-state index contributed by atoms with van der Waals surface area (Å²) in [5.74, 6) is -0.525. The maximum absolute atomic E-state index is 13.7. The summed E-state index contributed by atoms with van der Waals surface area (Å²) in [6, 6.07) is 21.9. The van der Waals surface area contributed by atoms with Crippen LogP contribution in [0.25, 0.3) is 10.9 Å². The molecule has 10 nitrogen and oxygen atoms in total. The molecule has 3 unspecified atom stereocenters. The fourth-order valence-electron chi connectivity index (χ4n) is 6.39. The van der Waals surface area contributed by atoms with Crippen molar-refractivity contribution in [2.24, 2.45) is 17.8 Å². The topological polar surface area (TPSA) is 124 Å². The third-order valence-corrected chi connectivity index (χ3v) is 8.93. The molecule has 2 fully saturated rings. The summed E-state index contributed by atoms with van der Waals surface area (Å²) in [4.78, 5) is 59.4. The van der Waals surface area contributed by atoms with Crippen LogP contribution in [0.4, 0.5) is 0 Å². The Labute approximate surface area is 265 Å². The van der Waals surface area contributed by atoms with Gasteiger partial charge in [-0.1, -0.05) is 41.9 Å². The van der Waals surface area contributed by atoms with Crippen molar-refractivity contribution in [2.45, 2.75) is 6.42 Å². The molecule has 2 saturated heterocycles. The molecule has 0 radical (unpaired) electrons. The van der Waals surface area contributed by atoms with Gasteiger partial charge in [0.05, 0.1) is 18.9 Å². The average molecular weight is 628 g/mol. The fourth-order valence-corrected chi connectivity index (χ4v) is 6.56. The van der Waals surface area contributed by atoms with Gasteiger partial charge in [0.25, 0.3) is 5.91 Å². The second kappa shape index (κ2) is 13.0. The van der Waals surface area contributed by atoms with Crippen LogP contribution in [0.3, 0.4) is 0 Å². The van der Waals surface area contributed by atoms with E-state index in [0.717, 1.165) is 16.5 Å². The molecule has 232 valence electrons. The number of hydrogen-bond acceptors (Lipinski definition) is 5. The number of fused-ring (bicyclic) bond motifs is 2. The molecule has 6 rings (SSSR count). The summed E-state index contributed by atoms with van der Waals surface area (Å²) in [5.41, 5.74) is 2.17. The summed E-state index contributed by atoms with van der Waals surface area (Å²) in [6.07, 6.45) is 1.97. The second-order valence-electron chi connectivity index (χ2n) is 11.6. The number of nitrogens with zero attached hydrogens (tertiary/aromatic N) is 2. The Balaban J connectivity index is 1.19. The molecule has 45 heavy (non-hydrogen) atoms. The Kier molecular flexibility index (Phi) is 8.75. The number of halogens is 1. The van der Waals surface area contributed by atoms with E-state index in [9.17, 15) is 19.2 Å². The number of carbonyl (C=O) groups excluding carboxylic acids is 4. The highest BCUT2D eigenvalue weighted by Gasteiger charge is 2.47. The van der Waals surface area contributed by atoms with Crippen LogP contribution >= 0.6 is 11.6 Å². The van der Waals surface area contributed by atoms with Gasteiger partial charge in [-0.25, -0.2) is 0 Å². The Hall–Kier alpha value is -4.83. The van der Waals surface area contributed by atoms with Gasteiger partial charge >= 0.3 is 0 Å². The molecular weight excluding hydrogens is 594 g/mol. The van der Waals surface area contributed by atoms with Crippen LogP contribution in [0.2, 0.25) is 5.02 Å². The minimum atomic E-state index is -0.579. The number of aromatic nitrogens is 1. The van der Waals surface area contributed by atoms with E-state index >= 15 is 0 Å². The van der Waals surface area contributed by atoms with Crippen molar-refractivity contribution in [1.82, 2.24) is 25.4 Å². The monoisotopic (exact) mass is 627 g/mol. The number of rotatable bonds is 8. The van der Waals surface area contributed by atoms with Crippen LogP contribution in [0, 0.1) is 17.8 Å². The number of likely N-dealkylation sites (N-methyl/N-ethyl adjacent to an activating group) is 1. The number of amides is 4. The molecule has 3 N–H and O–H groups in total. The van der Waals surface area contributed by atoms with E-state index in [1.807, 2.05) is 48.7 Å². The highest BCUT2D eigenvalue weighted by molar-refractivity contribution is 6.31. The summed E-state index contributed by atoms with van der Waals surface area (Å²) in [6.45, 7) is 1.25. The van der Waals surface area contributed by atoms with Gasteiger partial charge in [-0.15, -0.1) is 0 Å². The molecule has 0 spiro atoms. The molecule has 3 heterocycles. The zero-order valence-corrected chi connectivity index (χ0v) is 25.5. The summed E-state index contributed by atoms with van der Waals surface area (Å²) in [7, 11) is 1.50. The van der Waals surface area contributed by atoms with Gasteiger partial charge in [0.2, 0.25) is 17.7 Å².